The molecule has 1 heterocycles. The van der Waals surface area contributed by atoms with E-state index in [1.54, 1.807) is 24.9 Å². The van der Waals surface area contributed by atoms with Crippen molar-refractivity contribution in [3.8, 4) is 0 Å². The van der Waals surface area contributed by atoms with Crippen LogP contribution in [0.5, 0.6) is 0 Å². The highest BCUT2D eigenvalue weighted by Gasteiger charge is 2.14. The van der Waals surface area contributed by atoms with Gasteiger partial charge in [0.25, 0.3) is 0 Å². The van der Waals surface area contributed by atoms with Crippen LogP contribution in [-0.4, -0.2) is 40.9 Å². The summed E-state index contributed by atoms with van der Waals surface area (Å²) in [5.74, 6) is -1.02. The third-order valence-corrected chi connectivity index (χ3v) is 1.98. The van der Waals surface area contributed by atoms with Crippen molar-refractivity contribution in [1.29, 1.82) is 0 Å². The Morgan fingerprint density at radius 3 is 2.87 bits per heavy atom. The number of aliphatic hydroxyl groups excluding tert-OH is 1. The van der Waals surface area contributed by atoms with Gasteiger partial charge in [-0.1, -0.05) is 0 Å². The van der Waals surface area contributed by atoms with Crippen LogP contribution in [0.2, 0.25) is 0 Å². The number of likely N-dealkylation sites (N-methyl/N-ethyl adjacent to an activating group) is 1. The van der Waals surface area contributed by atoms with Gasteiger partial charge >= 0.3 is 5.97 Å². The number of carbonyl (C=O) groups is 1. The van der Waals surface area contributed by atoms with Crippen molar-refractivity contribution in [3.05, 3.63) is 24.0 Å². The molecule has 0 aliphatic carbocycles. The average molecular weight is 210 g/mol. The molecule has 1 unspecified atom stereocenters. The normalized spacial score (nSPS) is 12.2. The van der Waals surface area contributed by atoms with Crippen molar-refractivity contribution in [2.75, 3.05) is 18.5 Å². The molecule has 0 aromatic carbocycles. The summed E-state index contributed by atoms with van der Waals surface area (Å²) in [5, 5.41) is 18.1. The molecule has 1 aromatic heterocycles. The Hall–Kier alpha value is -1.62. The summed E-state index contributed by atoms with van der Waals surface area (Å²) < 4.78 is 0. The number of nitrogens with zero attached hydrogens (tertiary/aromatic N) is 2. The molecule has 0 aliphatic rings. The highest BCUT2D eigenvalue weighted by molar-refractivity contribution is 5.93. The van der Waals surface area contributed by atoms with Crippen LogP contribution in [0, 0.1) is 0 Å². The third-order valence-electron chi connectivity index (χ3n) is 1.98. The van der Waals surface area contributed by atoms with E-state index in [4.69, 9.17) is 5.11 Å². The second-order valence-electron chi connectivity index (χ2n) is 3.43. The highest BCUT2D eigenvalue weighted by atomic mass is 16.4. The van der Waals surface area contributed by atoms with Gasteiger partial charge in [0, 0.05) is 26.0 Å². The molecule has 0 saturated heterocycles. The monoisotopic (exact) mass is 210 g/mol. The lowest BCUT2D eigenvalue weighted by molar-refractivity contribution is 0.0697. The molecule has 0 aliphatic heterocycles. The van der Waals surface area contributed by atoms with Gasteiger partial charge in [-0.3, -0.25) is 4.98 Å². The van der Waals surface area contributed by atoms with Crippen LogP contribution in [0.1, 0.15) is 17.3 Å². The zero-order valence-corrected chi connectivity index (χ0v) is 8.71. The third kappa shape index (κ3) is 2.92. The van der Waals surface area contributed by atoms with Crippen LogP contribution in [0.15, 0.2) is 18.5 Å². The Labute approximate surface area is 88.0 Å². The number of hydrogen-bond acceptors (Lipinski definition) is 4. The first-order valence-electron chi connectivity index (χ1n) is 4.59. The molecule has 5 heteroatoms. The molecule has 5 nitrogen and oxygen atoms in total. The summed E-state index contributed by atoms with van der Waals surface area (Å²) in [7, 11) is 1.73. The molecule has 15 heavy (non-hydrogen) atoms. The van der Waals surface area contributed by atoms with Gasteiger partial charge < -0.3 is 15.1 Å². The van der Waals surface area contributed by atoms with Gasteiger partial charge in [0.2, 0.25) is 0 Å². The maximum Gasteiger partial charge on any atom is 0.339 e. The number of aromatic carboxylic acids is 1. The Morgan fingerprint density at radius 2 is 2.33 bits per heavy atom. The van der Waals surface area contributed by atoms with E-state index in [2.05, 4.69) is 4.98 Å². The Balaban J connectivity index is 2.97. The molecule has 0 bridgehead atoms. The van der Waals surface area contributed by atoms with Gasteiger partial charge in [-0.25, -0.2) is 4.79 Å². The van der Waals surface area contributed by atoms with Crippen LogP contribution in [0.3, 0.4) is 0 Å². The number of rotatable bonds is 4. The molecular weight excluding hydrogens is 196 g/mol. The van der Waals surface area contributed by atoms with E-state index in [9.17, 15) is 9.90 Å². The fourth-order valence-electron chi connectivity index (χ4n) is 1.38. The van der Waals surface area contributed by atoms with Crippen LogP contribution in [0.25, 0.3) is 0 Å². The molecule has 0 amide bonds. The van der Waals surface area contributed by atoms with E-state index < -0.39 is 12.1 Å². The van der Waals surface area contributed by atoms with E-state index in [0.717, 1.165) is 0 Å². The van der Waals surface area contributed by atoms with Crippen molar-refractivity contribution in [2.45, 2.75) is 13.0 Å². The molecule has 1 atom stereocenters. The predicted octanol–water partition coefficient (Wildman–Crippen LogP) is 0.597. The summed E-state index contributed by atoms with van der Waals surface area (Å²) in [6, 6.07) is 1.62. The smallest absolute Gasteiger partial charge is 0.339 e. The maximum atomic E-state index is 10.9. The lowest BCUT2D eigenvalue weighted by Crippen LogP contribution is -2.28. The summed E-state index contributed by atoms with van der Waals surface area (Å²) in [6.45, 7) is 2.03. The van der Waals surface area contributed by atoms with Crippen molar-refractivity contribution in [3.63, 3.8) is 0 Å². The standard InChI is InChI=1S/C10H14N2O3/c1-7(13)6-12(2)9-3-4-11-5-8(9)10(14)15/h3-5,7,13H,6H2,1-2H3,(H,14,15). The number of carboxylic acid groups (broad SMARTS) is 1. The van der Waals surface area contributed by atoms with Gasteiger partial charge in [-0.05, 0) is 13.0 Å². The Bertz CT molecular complexity index is 352. The van der Waals surface area contributed by atoms with Crippen molar-refractivity contribution in [2.24, 2.45) is 0 Å². The minimum atomic E-state index is -1.02. The highest BCUT2D eigenvalue weighted by Crippen LogP contribution is 2.17. The lowest BCUT2D eigenvalue weighted by atomic mass is 10.2. The fraction of sp³-hybridized carbons (Fsp3) is 0.400. The van der Waals surface area contributed by atoms with Gasteiger partial charge in [0.05, 0.1) is 11.8 Å². The van der Waals surface area contributed by atoms with Gasteiger partial charge in [-0.2, -0.15) is 0 Å². The molecule has 2 N–H and O–H groups in total. The SMILES string of the molecule is CC(O)CN(C)c1ccncc1C(=O)O. The average Bonchev–Trinajstić information content (AvgIpc) is 2.16. The van der Waals surface area contributed by atoms with E-state index in [0.29, 0.717) is 12.2 Å². The molecule has 0 saturated carbocycles. The van der Waals surface area contributed by atoms with Crippen LogP contribution >= 0.6 is 0 Å². The van der Waals surface area contributed by atoms with E-state index >= 15 is 0 Å². The first-order chi connectivity index (χ1) is 7.02. The first kappa shape index (κ1) is 11.5. The number of anilines is 1. The largest absolute Gasteiger partial charge is 0.478 e. The predicted molar refractivity (Wildman–Crippen MR) is 56.1 cm³/mol. The zero-order valence-electron chi connectivity index (χ0n) is 8.71. The molecular formula is C10H14N2O3. The van der Waals surface area contributed by atoms with E-state index in [1.807, 2.05) is 0 Å². The Morgan fingerprint density at radius 1 is 1.67 bits per heavy atom. The Kier molecular flexibility index (Phi) is 3.62. The second kappa shape index (κ2) is 4.75. The molecule has 82 valence electrons. The number of hydrogen-bond donors (Lipinski definition) is 2. The minimum absolute atomic E-state index is 0.139. The van der Waals surface area contributed by atoms with E-state index in [1.165, 1.54) is 12.4 Å². The van der Waals surface area contributed by atoms with Crippen LogP contribution < -0.4 is 4.90 Å². The molecule has 0 fully saturated rings. The fourth-order valence-corrected chi connectivity index (χ4v) is 1.38. The van der Waals surface area contributed by atoms with Gasteiger partial charge in [0.1, 0.15) is 5.56 Å². The van der Waals surface area contributed by atoms with Crippen LogP contribution in [-0.2, 0) is 0 Å². The number of aromatic nitrogens is 1. The quantitative estimate of drug-likeness (QED) is 0.761. The molecule has 1 aromatic rings. The topological polar surface area (TPSA) is 73.7 Å². The minimum Gasteiger partial charge on any atom is -0.478 e. The molecule has 0 spiro atoms. The van der Waals surface area contributed by atoms with Crippen molar-refractivity contribution in [1.82, 2.24) is 4.98 Å². The number of aliphatic hydroxyl groups is 1. The first-order valence-corrected chi connectivity index (χ1v) is 4.59. The lowest BCUT2D eigenvalue weighted by Gasteiger charge is -2.22. The summed E-state index contributed by atoms with van der Waals surface area (Å²) >= 11 is 0. The summed E-state index contributed by atoms with van der Waals surface area (Å²) in [4.78, 5) is 16.3. The van der Waals surface area contributed by atoms with Crippen molar-refractivity contribution >= 4 is 11.7 Å². The van der Waals surface area contributed by atoms with E-state index in [-0.39, 0.29) is 5.56 Å². The molecule has 0 radical (unpaired) electrons. The maximum absolute atomic E-state index is 10.9. The second-order valence-corrected chi connectivity index (χ2v) is 3.43. The van der Waals surface area contributed by atoms with Gasteiger partial charge in [0.15, 0.2) is 0 Å². The summed E-state index contributed by atoms with van der Waals surface area (Å²) in [6.07, 6.45) is 2.32. The number of pyridine rings is 1. The molecule has 1 rings (SSSR count). The zero-order chi connectivity index (χ0) is 11.4. The van der Waals surface area contributed by atoms with Crippen LogP contribution in [0.4, 0.5) is 5.69 Å². The summed E-state index contributed by atoms with van der Waals surface area (Å²) in [5.41, 5.74) is 0.694. The van der Waals surface area contributed by atoms with Crippen molar-refractivity contribution < 1.29 is 15.0 Å². The van der Waals surface area contributed by atoms with Gasteiger partial charge in [-0.15, -0.1) is 0 Å². The number of carboxylic acids is 1.